The summed E-state index contributed by atoms with van der Waals surface area (Å²) < 4.78 is 0. The molecule has 98 valence electrons. The Balaban J connectivity index is 2.04. The summed E-state index contributed by atoms with van der Waals surface area (Å²) in [7, 11) is 0. The molecule has 0 saturated carbocycles. The van der Waals surface area contributed by atoms with Crippen molar-refractivity contribution >= 4 is 52.3 Å². The van der Waals surface area contributed by atoms with Crippen LogP contribution in [-0.4, -0.2) is 11.5 Å². The molecular weight excluding hydrogens is 323 g/mol. The normalized spacial score (nSPS) is 10.5. The molecule has 0 amide bonds. The highest BCUT2D eigenvalue weighted by Gasteiger charge is 2.10. The molecule has 0 radical (unpaired) electrons. The SMILES string of the molecule is O=C(CSc1ccc(Cl)c(Cl)c1)c1ccccc1Cl. The number of halogens is 3. The first-order valence-corrected chi connectivity index (χ1v) is 7.55. The molecule has 0 fully saturated rings. The van der Waals surface area contributed by atoms with Crippen LogP contribution in [0.4, 0.5) is 0 Å². The van der Waals surface area contributed by atoms with Crippen molar-refractivity contribution < 1.29 is 4.79 Å². The third-order valence-electron chi connectivity index (χ3n) is 2.44. The largest absolute Gasteiger partial charge is 0.293 e. The van der Waals surface area contributed by atoms with E-state index in [1.807, 2.05) is 6.07 Å². The van der Waals surface area contributed by atoms with Gasteiger partial charge in [0.25, 0.3) is 0 Å². The molecule has 2 aromatic rings. The van der Waals surface area contributed by atoms with Crippen molar-refractivity contribution in [3.05, 3.63) is 63.1 Å². The summed E-state index contributed by atoms with van der Waals surface area (Å²) in [4.78, 5) is 12.9. The zero-order valence-electron chi connectivity index (χ0n) is 9.70. The molecule has 0 bridgehead atoms. The zero-order valence-corrected chi connectivity index (χ0v) is 12.8. The summed E-state index contributed by atoms with van der Waals surface area (Å²) in [5.41, 5.74) is 0.539. The Kier molecular flexibility index (Phi) is 5.17. The van der Waals surface area contributed by atoms with Crippen LogP contribution >= 0.6 is 46.6 Å². The van der Waals surface area contributed by atoms with Gasteiger partial charge in [0.2, 0.25) is 0 Å². The topological polar surface area (TPSA) is 17.1 Å². The molecule has 19 heavy (non-hydrogen) atoms. The summed E-state index contributed by atoms with van der Waals surface area (Å²) in [5, 5.41) is 1.46. The molecular formula is C14H9Cl3OS. The van der Waals surface area contributed by atoms with Crippen molar-refractivity contribution in [1.29, 1.82) is 0 Å². The summed E-state index contributed by atoms with van der Waals surface area (Å²) in [6, 6.07) is 12.3. The van der Waals surface area contributed by atoms with Gasteiger partial charge >= 0.3 is 0 Å². The maximum Gasteiger partial charge on any atom is 0.174 e. The zero-order chi connectivity index (χ0) is 13.8. The molecule has 0 atom stereocenters. The lowest BCUT2D eigenvalue weighted by atomic mass is 10.1. The Bertz CT molecular complexity index is 613. The van der Waals surface area contributed by atoms with Crippen molar-refractivity contribution in [3.8, 4) is 0 Å². The van der Waals surface area contributed by atoms with E-state index in [-0.39, 0.29) is 5.78 Å². The predicted octanol–water partition coefficient (Wildman–Crippen LogP) is 5.62. The Morgan fingerprint density at radius 2 is 1.68 bits per heavy atom. The minimum atomic E-state index is -0.0123. The van der Waals surface area contributed by atoms with Crippen molar-refractivity contribution in [3.63, 3.8) is 0 Å². The smallest absolute Gasteiger partial charge is 0.174 e. The Morgan fingerprint density at radius 3 is 2.37 bits per heavy atom. The molecule has 1 nitrogen and oxygen atoms in total. The van der Waals surface area contributed by atoms with E-state index in [1.165, 1.54) is 11.8 Å². The first-order chi connectivity index (χ1) is 9.08. The van der Waals surface area contributed by atoms with Crippen LogP contribution in [-0.2, 0) is 0 Å². The molecule has 0 aliphatic rings. The van der Waals surface area contributed by atoms with Crippen LogP contribution in [0, 0.1) is 0 Å². The van der Waals surface area contributed by atoms with E-state index in [1.54, 1.807) is 36.4 Å². The predicted molar refractivity (Wildman–Crippen MR) is 83.0 cm³/mol. The van der Waals surface area contributed by atoms with Crippen molar-refractivity contribution in [2.45, 2.75) is 4.90 Å². The number of benzene rings is 2. The van der Waals surface area contributed by atoms with E-state index < -0.39 is 0 Å². The second-order valence-electron chi connectivity index (χ2n) is 3.77. The van der Waals surface area contributed by atoms with E-state index in [0.29, 0.717) is 26.4 Å². The quantitative estimate of drug-likeness (QED) is 0.534. The van der Waals surface area contributed by atoms with Gasteiger partial charge in [-0.1, -0.05) is 46.9 Å². The van der Waals surface area contributed by atoms with E-state index in [0.717, 1.165) is 4.90 Å². The Morgan fingerprint density at radius 1 is 0.947 bits per heavy atom. The standard InChI is InChI=1S/C14H9Cl3OS/c15-11-4-2-1-3-10(11)14(18)8-19-9-5-6-12(16)13(17)7-9/h1-7H,8H2. The number of thioether (sulfide) groups is 1. The molecule has 2 rings (SSSR count). The van der Waals surface area contributed by atoms with Crippen LogP contribution in [0.2, 0.25) is 15.1 Å². The average molecular weight is 332 g/mol. The van der Waals surface area contributed by atoms with Gasteiger partial charge in [-0.2, -0.15) is 0 Å². The van der Waals surface area contributed by atoms with Crippen LogP contribution in [0.5, 0.6) is 0 Å². The Labute approximate surface area is 130 Å². The van der Waals surface area contributed by atoms with Crippen molar-refractivity contribution in [2.75, 3.05) is 5.75 Å². The number of carbonyl (C=O) groups is 1. The number of ketones is 1. The number of hydrogen-bond donors (Lipinski definition) is 0. The van der Waals surface area contributed by atoms with Crippen LogP contribution in [0.3, 0.4) is 0 Å². The van der Waals surface area contributed by atoms with Crippen LogP contribution in [0.25, 0.3) is 0 Å². The highest BCUT2D eigenvalue weighted by atomic mass is 35.5. The summed E-state index contributed by atoms with van der Waals surface area (Å²) >= 11 is 19.1. The second kappa shape index (κ2) is 6.67. The van der Waals surface area contributed by atoms with Crippen molar-refractivity contribution in [1.82, 2.24) is 0 Å². The number of carbonyl (C=O) groups excluding carboxylic acids is 1. The van der Waals surface area contributed by atoms with Gasteiger partial charge in [0.1, 0.15) is 0 Å². The number of rotatable bonds is 4. The molecule has 5 heteroatoms. The third kappa shape index (κ3) is 3.90. The van der Waals surface area contributed by atoms with Gasteiger partial charge in [0.15, 0.2) is 5.78 Å². The third-order valence-corrected chi connectivity index (χ3v) is 4.50. The molecule has 0 unspecified atom stereocenters. The molecule has 0 spiro atoms. The van der Waals surface area contributed by atoms with Gasteiger partial charge in [-0.25, -0.2) is 0 Å². The van der Waals surface area contributed by atoms with E-state index in [4.69, 9.17) is 34.8 Å². The van der Waals surface area contributed by atoms with E-state index >= 15 is 0 Å². The van der Waals surface area contributed by atoms with Gasteiger partial charge in [-0.3, -0.25) is 4.79 Å². The minimum absolute atomic E-state index is 0.0123. The molecule has 0 saturated heterocycles. The first kappa shape index (κ1) is 14.7. The fourth-order valence-corrected chi connectivity index (χ4v) is 2.90. The molecule has 0 N–H and O–H groups in total. The molecule has 2 aromatic carbocycles. The molecule has 0 aromatic heterocycles. The van der Waals surface area contributed by atoms with Gasteiger partial charge in [-0.15, -0.1) is 11.8 Å². The number of Topliss-reactive ketones (excluding diaryl/α,β-unsaturated/α-hetero) is 1. The average Bonchev–Trinajstić information content (AvgIpc) is 2.40. The second-order valence-corrected chi connectivity index (χ2v) is 6.04. The summed E-state index contributed by atoms with van der Waals surface area (Å²) in [6.07, 6.45) is 0. The summed E-state index contributed by atoms with van der Waals surface area (Å²) in [6.45, 7) is 0. The van der Waals surface area contributed by atoms with E-state index in [9.17, 15) is 4.79 Å². The van der Waals surface area contributed by atoms with Gasteiger partial charge in [-0.05, 0) is 30.3 Å². The maximum absolute atomic E-state index is 12.0. The van der Waals surface area contributed by atoms with E-state index in [2.05, 4.69) is 0 Å². The highest BCUT2D eigenvalue weighted by Crippen LogP contribution is 2.28. The monoisotopic (exact) mass is 330 g/mol. The van der Waals surface area contributed by atoms with Gasteiger partial charge in [0, 0.05) is 10.5 Å². The highest BCUT2D eigenvalue weighted by molar-refractivity contribution is 8.00. The molecule has 0 aliphatic heterocycles. The van der Waals surface area contributed by atoms with Crippen LogP contribution in [0.1, 0.15) is 10.4 Å². The summed E-state index contributed by atoms with van der Waals surface area (Å²) in [5.74, 6) is 0.295. The maximum atomic E-state index is 12.0. The minimum Gasteiger partial charge on any atom is -0.293 e. The lowest BCUT2D eigenvalue weighted by Crippen LogP contribution is -2.02. The number of hydrogen-bond acceptors (Lipinski definition) is 2. The Hall–Kier alpha value is -0.670. The van der Waals surface area contributed by atoms with Crippen molar-refractivity contribution in [2.24, 2.45) is 0 Å². The van der Waals surface area contributed by atoms with Crippen LogP contribution < -0.4 is 0 Å². The molecule has 0 heterocycles. The molecule has 0 aliphatic carbocycles. The fourth-order valence-electron chi connectivity index (χ4n) is 1.48. The fraction of sp³-hybridized carbons (Fsp3) is 0.0714. The lowest BCUT2D eigenvalue weighted by Gasteiger charge is -2.04. The lowest BCUT2D eigenvalue weighted by molar-refractivity contribution is 0.102. The first-order valence-electron chi connectivity index (χ1n) is 5.43. The van der Waals surface area contributed by atoms with Gasteiger partial charge < -0.3 is 0 Å². The van der Waals surface area contributed by atoms with Gasteiger partial charge in [0.05, 0.1) is 20.8 Å². The van der Waals surface area contributed by atoms with Crippen LogP contribution in [0.15, 0.2) is 47.4 Å².